The summed E-state index contributed by atoms with van der Waals surface area (Å²) in [5, 5.41) is 10.9. The molecule has 1 unspecified atom stereocenters. The minimum absolute atomic E-state index is 0.0101. The Balaban J connectivity index is 1.83. The third kappa shape index (κ3) is 4.38. The van der Waals surface area contributed by atoms with E-state index in [4.69, 9.17) is 36.2 Å². The molecule has 0 amide bonds. The van der Waals surface area contributed by atoms with Crippen LogP contribution in [0.25, 0.3) is 0 Å². The van der Waals surface area contributed by atoms with E-state index >= 15 is 0 Å². The molecule has 0 radical (unpaired) electrons. The molecule has 2 heterocycles. The molecular weight excluding hydrogens is 413 g/mol. The van der Waals surface area contributed by atoms with Crippen LogP contribution >= 0.6 is 19.9 Å². The van der Waals surface area contributed by atoms with Crippen LogP contribution in [0.2, 0.25) is 5.02 Å². The summed E-state index contributed by atoms with van der Waals surface area (Å²) in [5.41, 5.74) is 5.52. The van der Waals surface area contributed by atoms with Gasteiger partial charge in [-0.3, -0.25) is 9.13 Å². The van der Waals surface area contributed by atoms with Gasteiger partial charge in [-0.25, -0.2) is 4.79 Å². The number of benzene rings is 1. The topological polar surface area (TPSA) is 146 Å². The predicted octanol–water partition coefficient (Wildman–Crippen LogP) is 0.892. The fraction of sp³-hybridized carbons (Fsp3) is 0.375. The number of aromatic nitrogens is 2. The van der Waals surface area contributed by atoms with Gasteiger partial charge in [-0.05, 0) is 24.6 Å². The highest BCUT2D eigenvalue weighted by Gasteiger charge is 2.47. The molecule has 28 heavy (non-hydrogen) atoms. The minimum Gasteiger partial charge on any atom is -0.489 e. The Morgan fingerprint density at radius 1 is 1.43 bits per heavy atom. The average Bonchev–Trinajstić information content (AvgIpc) is 2.92. The number of aliphatic hydroxyl groups excluding tert-OH is 1. The molecule has 1 fully saturated rings. The summed E-state index contributed by atoms with van der Waals surface area (Å²) < 4.78 is 28.5. The Hall–Kier alpha value is -1.94. The Bertz CT molecular complexity index is 941. The number of aryl methyl sites for hydroxylation is 1. The number of halogens is 1. The van der Waals surface area contributed by atoms with Gasteiger partial charge in [0.05, 0.1) is 5.02 Å². The fourth-order valence-corrected chi connectivity index (χ4v) is 3.57. The molecule has 0 aliphatic carbocycles. The monoisotopic (exact) mass is 431 g/mol. The zero-order valence-electron chi connectivity index (χ0n) is 14.7. The summed E-state index contributed by atoms with van der Waals surface area (Å²) in [4.78, 5) is 24.8. The summed E-state index contributed by atoms with van der Waals surface area (Å²) in [6, 6.07) is 6.57. The number of nitrogen functional groups attached to an aromatic ring is 1. The highest BCUT2D eigenvalue weighted by Crippen LogP contribution is 2.36. The largest absolute Gasteiger partial charge is 0.489 e. The molecule has 1 aromatic heterocycles. The Morgan fingerprint density at radius 2 is 2.18 bits per heavy atom. The maximum Gasteiger partial charge on any atom is 0.351 e. The van der Waals surface area contributed by atoms with Crippen molar-refractivity contribution in [1.82, 2.24) is 9.55 Å². The number of anilines is 1. The normalized spacial score (nSPS) is 25.6. The first-order valence-electron chi connectivity index (χ1n) is 8.23. The molecule has 0 bridgehead atoms. The van der Waals surface area contributed by atoms with Crippen molar-refractivity contribution in [3.63, 3.8) is 0 Å². The van der Waals surface area contributed by atoms with Gasteiger partial charge in [0.2, 0.25) is 0 Å². The van der Waals surface area contributed by atoms with Crippen LogP contribution < -0.4 is 16.2 Å². The maximum atomic E-state index is 12.1. The first-order chi connectivity index (χ1) is 13.3. The van der Waals surface area contributed by atoms with Crippen molar-refractivity contribution in [2.45, 2.75) is 31.5 Å². The molecule has 1 saturated heterocycles. The van der Waals surface area contributed by atoms with E-state index in [1.165, 1.54) is 12.3 Å². The second-order valence-corrected chi connectivity index (χ2v) is 7.29. The molecule has 2 aromatic rings. The van der Waals surface area contributed by atoms with Gasteiger partial charge in [0.15, 0.2) is 6.23 Å². The first kappa shape index (κ1) is 20.8. The summed E-state index contributed by atoms with van der Waals surface area (Å²) >= 11 is 6.19. The van der Waals surface area contributed by atoms with E-state index in [9.17, 15) is 14.5 Å². The fourth-order valence-electron chi connectivity index (χ4n) is 2.87. The lowest BCUT2D eigenvalue weighted by atomic mass is 10.1. The lowest BCUT2D eigenvalue weighted by Crippen LogP contribution is -2.37. The van der Waals surface area contributed by atoms with Crippen molar-refractivity contribution in [2.24, 2.45) is 0 Å². The minimum atomic E-state index is -3.40. The van der Waals surface area contributed by atoms with Crippen LogP contribution in [-0.2, 0) is 13.8 Å². The lowest BCUT2D eigenvalue weighted by molar-refractivity contribution is -0.0511. The van der Waals surface area contributed by atoms with Gasteiger partial charge in [-0.2, -0.15) is 4.98 Å². The van der Waals surface area contributed by atoms with Crippen LogP contribution in [0.3, 0.4) is 0 Å². The molecule has 4 N–H and O–H groups in total. The summed E-state index contributed by atoms with van der Waals surface area (Å²) in [7, 11) is -3.40. The molecule has 12 heteroatoms. The van der Waals surface area contributed by atoms with Gasteiger partial charge < -0.3 is 29.7 Å². The van der Waals surface area contributed by atoms with Crippen LogP contribution in [0, 0.1) is 6.92 Å². The van der Waals surface area contributed by atoms with Crippen molar-refractivity contribution < 1.29 is 28.6 Å². The van der Waals surface area contributed by atoms with Crippen LogP contribution in [0.4, 0.5) is 5.82 Å². The Morgan fingerprint density at radius 3 is 2.86 bits per heavy atom. The highest BCUT2D eigenvalue weighted by molar-refractivity contribution is 7.32. The number of rotatable bonds is 6. The second kappa shape index (κ2) is 8.60. The van der Waals surface area contributed by atoms with E-state index in [1.54, 1.807) is 12.1 Å². The zero-order valence-corrected chi connectivity index (χ0v) is 16.4. The number of hydrogen-bond donors (Lipinski definition) is 3. The molecule has 0 spiro atoms. The van der Waals surface area contributed by atoms with Crippen molar-refractivity contribution in [3.05, 3.63) is 51.5 Å². The predicted molar refractivity (Wildman–Crippen MR) is 101 cm³/mol. The summed E-state index contributed by atoms with van der Waals surface area (Å²) in [5.74, 6) is 0.390. The zero-order chi connectivity index (χ0) is 20.4. The summed E-state index contributed by atoms with van der Waals surface area (Å²) in [6.45, 7) is 1.67. The van der Waals surface area contributed by atoms with Gasteiger partial charge in [0.25, 0.3) is 0 Å². The van der Waals surface area contributed by atoms with Crippen molar-refractivity contribution in [3.8, 4) is 5.75 Å². The smallest absolute Gasteiger partial charge is 0.351 e. The quantitative estimate of drug-likeness (QED) is 0.567. The number of nitrogens with zero attached hydrogens (tertiary/aromatic N) is 2. The van der Waals surface area contributed by atoms with E-state index in [2.05, 4.69) is 4.98 Å². The van der Waals surface area contributed by atoms with Gasteiger partial charge in [0.1, 0.15) is 36.5 Å². The van der Waals surface area contributed by atoms with E-state index in [0.29, 0.717) is 10.8 Å². The molecule has 10 nitrogen and oxygen atoms in total. The SMILES string of the molecule is Cc1cccc(OC[C@H]2O[C@@H](n3ccc(N)nc3=O)[C@H](O)[C@@H]2O[PH](=O)O)c1Cl. The first-order valence-corrected chi connectivity index (χ1v) is 9.87. The van der Waals surface area contributed by atoms with Crippen molar-refractivity contribution >= 4 is 25.7 Å². The van der Waals surface area contributed by atoms with Crippen molar-refractivity contribution in [1.29, 1.82) is 0 Å². The van der Waals surface area contributed by atoms with Crippen LogP contribution in [0.15, 0.2) is 35.3 Å². The molecular formula is C16H19ClN3O7P. The van der Waals surface area contributed by atoms with Crippen LogP contribution in [-0.4, -0.2) is 44.5 Å². The highest BCUT2D eigenvalue weighted by atomic mass is 35.5. The molecule has 1 aromatic carbocycles. The maximum absolute atomic E-state index is 12.1. The number of nitrogens with two attached hydrogens (primary N) is 1. The van der Waals surface area contributed by atoms with E-state index < -0.39 is 38.5 Å². The third-order valence-corrected chi connectivity index (χ3v) is 5.19. The molecule has 5 atom stereocenters. The number of aliphatic hydroxyl groups is 1. The van der Waals surface area contributed by atoms with Gasteiger partial charge in [-0.1, -0.05) is 23.7 Å². The van der Waals surface area contributed by atoms with Gasteiger partial charge in [-0.15, -0.1) is 0 Å². The third-order valence-electron chi connectivity index (χ3n) is 4.23. The van der Waals surface area contributed by atoms with E-state index in [1.807, 2.05) is 13.0 Å². The van der Waals surface area contributed by atoms with Crippen molar-refractivity contribution in [2.75, 3.05) is 12.3 Å². The van der Waals surface area contributed by atoms with Crippen LogP contribution in [0.5, 0.6) is 5.75 Å². The molecule has 0 saturated carbocycles. The lowest BCUT2D eigenvalue weighted by Gasteiger charge is -2.19. The molecule has 1 aliphatic rings. The second-order valence-electron chi connectivity index (χ2n) is 6.14. The van der Waals surface area contributed by atoms with E-state index in [0.717, 1.165) is 10.1 Å². The number of hydrogen-bond acceptors (Lipinski definition) is 8. The average molecular weight is 432 g/mol. The van der Waals surface area contributed by atoms with Gasteiger partial charge in [0, 0.05) is 6.20 Å². The molecule has 3 rings (SSSR count). The molecule has 152 valence electrons. The Labute approximate surface area is 165 Å². The number of ether oxygens (including phenoxy) is 2. The van der Waals surface area contributed by atoms with Crippen LogP contribution in [0.1, 0.15) is 11.8 Å². The summed E-state index contributed by atoms with van der Waals surface area (Å²) in [6.07, 6.45) is -3.49. The molecule has 1 aliphatic heterocycles. The standard InChI is InChI=1S/C16H19ClN3O7P/c1-8-3-2-4-9(12(8)17)25-7-10-14(27-28(23)24)13(21)15(26-10)20-6-5-11(18)19-16(20)22/h2-6,10,13-15,21,28H,7H2,1H3,(H,23,24)(H2,18,19,22)/t10-,13-,14-,15-/m1/s1. The van der Waals surface area contributed by atoms with E-state index in [-0.39, 0.29) is 12.4 Å². The van der Waals surface area contributed by atoms with Gasteiger partial charge >= 0.3 is 13.9 Å². The Kier molecular flexibility index (Phi) is 6.39.